The number of fused-ring (bicyclic) bond motifs is 1. The second-order valence-corrected chi connectivity index (χ2v) is 7.76. The molecule has 0 fully saturated rings. The Morgan fingerprint density at radius 3 is 2.71 bits per heavy atom. The molecule has 2 N–H and O–H groups in total. The lowest BCUT2D eigenvalue weighted by Crippen LogP contribution is -2.29. The molecule has 0 unspecified atom stereocenters. The van der Waals surface area contributed by atoms with E-state index in [-0.39, 0.29) is 21.7 Å². The number of nitrogens with zero attached hydrogens (tertiary/aromatic N) is 4. The fraction of sp³-hybridized carbons (Fsp3) is 0.429. The molecule has 31 heavy (non-hydrogen) atoms. The molecule has 1 aromatic carbocycles. The van der Waals surface area contributed by atoms with E-state index in [1.54, 1.807) is 10.6 Å². The minimum atomic E-state index is -0.546. The van der Waals surface area contributed by atoms with Crippen molar-refractivity contribution >= 4 is 34.9 Å². The number of unbranched alkanes of at least 4 members (excludes halogenated alkanes) is 5. The topological polar surface area (TPSA) is 97.1 Å². The summed E-state index contributed by atoms with van der Waals surface area (Å²) in [6, 6.07) is 4.36. The predicted octanol–water partition coefficient (Wildman–Crippen LogP) is 4.02. The number of aromatic amines is 1. The maximum atomic E-state index is 14.0. The van der Waals surface area contributed by atoms with Gasteiger partial charge in [0.15, 0.2) is 11.2 Å². The van der Waals surface area contributed by atoms with Gasteiger partial charge >= 0.3 is 5.69 Å². The predicted molar refractivity (Wildman–Crippen MR) is 122 cm³/mol. The van der Waals surface area contributed by atoms with Crippen molar-refractivity contribution in [1.82, 2.24) is 19.1 Å². The van der Waals surface area contributed by atoms with Crippen molar-refractivity contribution in [3.63, 3.8) is 0 Å². The second kappa shape index (κ2) is 10.4. The zero-order chi connectivity index (χ0) is 22.4. The van der Waals surface area contributed by atoms with Crippen LogP contribution in [0.15, 0.2) is 32.9 Å². The number of rotatable bonds is 10. The molecule has 2 heterocycles. The first-order chi connectivity index (χ1) is 14.9. The largest absolute Gasteiger partial charge is 0.329 e. The van der Waals surface area contributed by atoms with E-state index < -0.39 is 17.1 Å². The van der Waals surface area contributed by atoms with Crippen LogP contribution in [0.3, 0.4) is 0 Å². The van der Waals surface area contributed by atoms with E-state index in [2.05, 4.69) is 27.4 Å². The molecular weight excluding hydrogens is 423 g/mol. The fourth-order valence-corrected chi connectivity index (χ4v) is 3.59. The average Bonchev–Trinajstić information content (AvgIpc) is 3.10. The minimum Gasteiger partial charge on any atom is -0.303 e. The Labute approximate surface area is 183 Å². The Morgan fingerprint density at radius 1 is 1.23 bits per heavy atom. The first-order valence-electron chi connectivity index (χ1n) is 10.4. The molecule has 3 aromatic rings. The molecule has 0 bridgehead atoms. The van der Waals surface area contributed by atoms with Crippen LogP contribution >= 0.6 is 11.6 Å². The lowest BCUT2D eigenvalue weighted by Gasteiger charge is -2.08. The van der Waals surface area contributed by atoms with Crippen LogP contribution < -0.4 is 16.7 Å². The average molecular weight is 449 g/mol. The summed E-state index contributed by atoms with van der Waals surface area (Å²) in [4.78, 5) is 31.1. The van der Waals surface area contributed by atoms with E-state index >= 15 is 0 Å². The van der Waals surface area contributed by atoms with Crippen LogP contribution in [-0.2, 0) is 13.6 Å². The van der Waals surface area contributed by atoms with Crippen molar-refractivity contribution in [3.05, 3.63) is 55.4 Å². The van der Waals surface area contributed by atoms with Gasteiger partial charge in [-0.25, -0.2) is 14.6 Å². The van der Waals surface area contributed by atoms with Crippen molar-refractivity contribution in [2.75, 3.05) is 5.43 Å². The maximum absolute atomic E-state index is 14.0. The van der Waals surface area contributed by atoms with Crippen LogP contribution in [0.1, 0.15) is 51.0 Å². The van der Waals surface area contributed by atoms with Crippen LogP contribution in [0.5, 0.6) is 0 Å². The number of imidazole rings is 1. The van der Waals surface area contributed by atoms with Crippen LogP contribution in [0, 0.1) is 5.82 Å². The maximum Gasteiger partial charge on any atom is 0.329 e. The van der Waals surface area contributed by atoms with Crippen molar-refractivity contribution in [1.29, 1.82) is 0 Å². The number of nitrogens with one attached hydrogen (secondary N) is 2. The van der Waals surface area contributed by atoms with Gasteiger partial charge in [0.25, 0.3) is 5.56 Å². The van der Waals surface area contributed by atoms with Crippen molar-refractivity contribution < 1.29 is 4.39 Å². The monoisotopic (exact) mass is 448 g/mol. The Morgan fingerprint density at radius 2 is 1.97 bits per heavy atom. The molecule has 0 aliphatic heterocycles. The van der Waals surface area contributed by atoms with Crippen LogP contribution in [0.25, 0.3) is 11.2 Å². The van der Waals surface area contributed by atoms with Crippen molar-refractivity contribution in [2.24, 2.45) is 12.1 Å². The Balaban J connectivity index is 1.89. The normalized spacial score (nSPS) is 11.6. The van der Waals surface area contributed by atoms with Gasteiger partial charge in [0.2, 0.25) is 5.95 Å². The van der Waals surface area contributed by atoms with Crippen LogP contribution in [0.2, 0.25) is 5.02 Å². The number of halogens is 2. The molecule has 8 nitrogen and oxygen atoms in total. The molecular formula is C21H26ClFN6O2. The zero-order valence-electron chi connectivity index (χ0n) is 17.6. The third-order valence-electron chi connectivity index (χ3n) is 5.10. The highest BCUT2D eigenvalue weighted by Gasteiger charge is 2.17. The van der Waals surface area contributed by atoms with E-state index in [0.717, 1.165) is 19.3 Å². The summed E-state index contributed by atoms with van der Waals surface area (Å²) in [5.74, 6) is -0.212. The molecule has 0 spiro atoms. The van der Waals surface area contributed by atoms with Gasteiger partial charge < -0.3 is 4.57 Å². The number of hydrogen-bond donors (Lipinski definition) is 2. The number of anilines is 1. The third kappa shape index (κ3) is 5.22. The third-order valence-corrected chi connectivity index (χ3v) is 5.43. The summed E-state index contributed by atoms with van der Waals surface area (Å²) in [6.07, 6.45) is 7.78. The summed E-state index contributed by atoms with van der Waals surface area (Å²) in [5.41, 5.74) is 2.39. The first kappa shape index (κ1) is 22.7. The minimum absolute atomic E-state index is 0.139. The lowest BCUT2D eigenvalue weighted by molar-refractivity contribution is 0.565. The summed E-state index contributed by atoms with van der Waals surface area (Å²) >= 11 is 6.02. The Hall–Kier alpha value is -2.94. The SMILES string of the molecule is CCCCCCCCn1c(N/N=C/c2c(F)cccc2Cl)nc2c1c(=O)[nH]c(=O)n2C. The molecule has 0 atom stereocenters. The summed E-state index contributed by atoms with van der Waals surface area (Å²) in [6.45, 7) is 2.70. The molecule has 0 aliphatic rings. The number of hydrazone groups is 1. The van der Waals surface area contributed by atoms with Gasteiger partial charge in [-0.1, -0.05) is 56.7 Å². The Kier molecular flexibility index (Phi) is 7.62. The van der Waals surface area contributed by atoms with Crippen LogP contribution in [0.4, 0.5) is 10.3 Å². The smallest absolute Gasteiger partial charge is 0.303 e. The van der Waals surface area contributed by atoms with Gasteiger partial charge in [-0.3, -0.25) is 14.3 Å². The summed E-state index contributed by atoms with van der Waals surface area (Å²) in [5, 5.41) is 4.28. The second-order valence-electron chi connectivity index (χ2n) is 7.35. The van der Waals surface area contributed by atoms with Crippen molar-refractivity contribution in [3.8, 4) is 0 Å². The van der Waals surface area contributed by atoms with E-state index in [0.29, 0.717) is 12.5 Å². The Bertz CT molecular complexity index is 1180. The number of aryl methyl sites for hydroxylation is 2. The van der Waals surface area contributed by atoms with Crippen LogP contribution in [-0.4, -0.2) is 25.3 Å². The summed E-state index contributed by atoms with van der Waals surface area (Å²) in [7, 11) is 1.54. The number of aromatic nitrogens is 4. The first-order valence-corrected chi connectivity index (χ1v) is 10.7. The standard InChI is InChI=1S/C21H26ClFN6O2/c1-3-4-5-6-7-8-12-29-17-18(28(2)21(31)26-19(17)30)25-20(29)27-24-13-14-15(22)10-9-11-16(14)23/h9-11,13H,3-8,12H2,1-2H3,(H,25,27)(H,26,30,31)/b24-13+. The van der Waals surface area contributed by atoms with Gasteiger partial charge in [0.05, 0.1) is 11.2 Å². The quantitative estimate of drug-likeness (QED) is 0.278. The molecule has 0 saturated heterocycles. The van der Waals surface area contributed by atoms with Crippen molar-refractivity contribution in [2.45, 2.75) is 52.0 Å². The molecule has 0 saturated carbocycles. The number of hydrogen-bond acceptors (Lipinski definition) is 5. The van der Waals surface area contributed by atoms with Gasteiger partial charge in [0.1, 0.15) is 5.82 Å². The van der Waals surface area contributed by atoms with Gasteiger partial charge in [-0.05, 0) is 18.6 Å². The van der Waals surface area contributed by atoms with Gasteiger partial charge in [-0.2, -0.15) is 10.1 Å². The molecule has 166 valence electrons. The number of H-pyrrole nitrogens is 1. The summed E-state index contributed by atoms with van der Waals surface area (Å²) < 4.78 is 16.9. The number of benzene rings is 1. The molecule has 0 aliphatic carbocycles. The van der Waals surface area contributed by atoms with Gasteiger partial charge in [-0.15, -0.1) is 0 Å². The highest BCUT2D eigenvalue weighted by atomic mass is 35.5. The highest BCUT2D eigenvalue weighted by Crippen LogP contribution is 2.19. The van der Waals surface area contributed by atoms with E-state index in [9.17, 15) is 14.0 Å². The van der Waals surface area contributed by atoms with E-state index in [4.69, 9.17) is 11.6 Å². The van der Waals surface area contributed by atoms with Gasteiger partial charge in [0, 0.05) is 19.2 Å². The molecule has 0 amide bonds. The van der Waals surface area contributed by atoms with E-state index in [1.807, 2.05) is 0 Å². The molecule has 0 radical (unpaired) electrons. The fourth-order valence-electron chi connectivity index (χ4n) is 3.38. The highest BCUT2D eigenvalue weighted by molar-refractivity contribution is 6.33. The molecule has 10 heteroatoms. The van der Waals surface area contributed by atoms with E-state index in [1.165, 1.54) is 49.2 Å². The zero-order valence-corrected chi connectivity index (χ0v) is 18.4. The lowest BCUT2D eigenvalue weighted by atomic mass is 10.1. The molecule has 3 rings (SSSR count). The molecule has 2 aromatic heterocycles.